The highest BCUT2D eigenvalue weighted by molar-refractivity contribution is 6.31. The van der Waals surface area contributed by atoms with E-state index < -0.39 is 11.8 Å². The number of halogens is 1. The van der Waals surface area contributed by atoms with Gasteiger partial charge in [-0.3, -0.25) is 20.4 Å². The molecule has 27 heavy (non-hydrogen) atoms. The average Bonchev–Trinajstić information content (AvgIpc) is 2.64. The van der Waals surface area contributed by atoms with Gasteiger partial charge in [-0.05, 0) is 54.3 Å². The molecular formula is C20H23ClN2O4. The highest BCUT2D eigenvalue weighted by Gasteiger charge is 2.14. The number of aryl methyl sites for hydroxylation is 1. The van der Waals surface area contributed by atoms with Gasteiger partial charge in [0, 0.05) is 5.02 Å². The minimum absolute atomic E-state index is 0.214. The van der Waals surface area contributed by atoms with Gasteiger partial charge in [-0.15, -0.1) is 0 Å². The summed E-state index contributed by atoms with van der Waals surface area (Å²) < 4.78 is 10.6. The highest BCUT2D eigenvalue weighted by Crippen LogP contribution is 2.24. The largest absolute Gasteiger partial charge is 0.496 e. The number of nitrogens with one attached hydrogen (secondary N) is 2. The maximum Gasteiger partial charge on any atom is 0.276 e. The van der Waals surface area contributed by atoms with Gasteiger partial charge in [-0.1, -0.05) is 31.5 Å². The number of carbonyl (C=O) groups is 2. The molecule has 0 bridgehead atoms. The zero-order chi connectivity index (χ0) is 20.0. The van der Waals surface area contributed by atoms with Crippen LogP contribution in [0.3, 0.4) is 0 Å². The summed E-state index contributed by atoms with van der Waals surface area (Å²) in [5.74, 6) is 0.328. The molecule has 2 N–H and O–H groups in total. The molecule has 0 fully saturated rings. The van der Waals surface area contributed by atoms with Crippen LogP contribution in [0.2, 0.25) is 5.02 Å². The second kappa shape index (κ2) is 9.28. The molecule has 0 unspecified atom stereocenters. The van der Waals surface area contributed by atoms with E-state index in [1.807, 2.05) is 25.1 Å². The number of hydrazine groups is 1. The summed E-state index contributed by atoms with van der Waals surface area (Å²) in [4.78, 5) is 24.1. The van der Waals surface area contributed by atoms with E-state index in [0.29, 0.717) is 22.4 Å². The summed E-state index contributed by atoms with van der Waals surface area (Å²) in [5, 5.41) is 0.385. The first-order chi connectivity index (χ1) is 12.8. The van der Waals surface area contributed by atoms with E-state index in [9.17, 15) is 9.59 Å². The van der Waals surface area contributed by atoms with Crippen molar-refractivity contribution in [3.63, 3.8) is 0 Å². The second-order valence-corrected chi connectivity index (χ2v) is 6.75. The van der Waals surface area contributed by atoms with Crippen molar-refractivity contribution >= 4 is 23.4 Å². The van der Waals surface area contributed by atoms with Crippen LogP contribution in [0.15, 0.2) is 36.4 Å². The number of amides is 2. The van der Waals surface area contributed by atoms with Crippen LogP contribution in [0.5, 0.6) is 11.5 Å². The zero-order valence-electron chi connectivity index (χ0n) is 15.8. The molecule has 0 spiro atoms. The van der Waals surface area contributed by atoms with Gasteiger partial charge in [-0.2, -0.15) is 0 Å². The van der Waals surface area contributed by atoms with Crippen molar-refractivity contribution in [1.82, 2.24) is 10.9 Å². The van der Waals surface area contributed by atoms with Gasteiger partial charge in [0.1, 0.15) is 11.5 Å². The zero-order valence-corrected chi connectivity index (χ0v) is 16.5. The van der Waals surface area contributed by atoms with Crippen molar-refractivity contribution in [2.24, 2.45) is 0 Å². The maximum absolute atomic E-state index is 12.2. The van der Waals surface area contributed by atoms with Crippen LogP contribution >= 0.6 is 11.6 Å². The standard InChI is InChI=1S/C20H23ClN2O4/c1-12(2)16-7-6-15(9-13(16)3)27-11-19(24)22-23-20(25)17-10-14(21)5-8-18(17)26-4/h5-10,12H,11H2,1-4H3,(H,22,24)(H,23,25). The number of methoxy groups -OCH3 is 1. The predicted molar refractivity (Wildman–Crippen MR) is 104 cm³/mol. The molecule has 0 aliphatic rings. The van der Waals surface area contributed by atoms with Crippen LogP contribution < -0.4 is 20.3 Å². The number of ether oxygens (including phenoxy) is 2. The van der Waals surface area contributed by atoms with Gasteiger partial charge in [0.25, 0.3) is 11.8 Å². The molecule has 2 aromatic rings. The van der Waals surface area contributed by atoms with Gasteiger partial charge in [-0.25, -0.2) is 0 Å². The Bertz CT molecular complexity index is 837. The molecule has 7 heteroatoms. The lowest BCUT2D eigenvalue weighted by Gasteiger charge is -2.13. The number of hydrogen-bond acceptors (Lipinski definition) is 4. The molecule has 2 amide bonds. The molecule has 0 aliphatic heterocycles. The number of rotatable bonds is 6. The monoisotopic (exact) mass is 390 g/mol. The maximum atomic E-state index is 12.2. The Balaban J connectivity index is 1.89. The van der Waals surface area contributed by atoms with Gasteiger partial charge < -0.3 is 9.47 Å². The number of benzene rings is 2. The molecule has 6 nitrogen and oxygen atoms in total. The van der Waals surface area contributed by atoms with E-state index in [-0.39, 0.29) is 12.2 Å². The van der Waals surface area contributed by atoms with Crippen LogP contribution in [0.1, 0.15) is 41.3 Å². The first-order valence-corrected chi connectivity index (χ1v) is 8.85. The fraction of sp³-hybridized carbons (Fsp3) is 0.300. The molecule has 0 atom stereocenters. The topological polar surface area (TPSA) is 76.7 Å². The summed E-state index contributed by atoms with van der Waals surface area (Å²) in [6, 6.07) is 10.3. The SMILES string of the molecule is COc1ccc(Cl)cc1C(=O)NNC(=O)COc1ccc(C(C)C)c(C)c1. The smallest absolute Gasteiger partial charge is 0.276 e. The summed E-state index contributed by atoms with van der Waals surface area (Å²) in [7, 11) is 1.44. The lowest BCUT2D eigenvalue weighted by molar-refractivity contribution is -0.123. The minimum Gasteiger partial charge on any atom is -0.496 e. The highest BCUT2D eigenvalue weighted by atomic mass is 35.5. The van der Waals surface area contributed by atoms with Gasteiger partial charge in [0.05, 0.1) is 12.7 Å². The van der Waals surface area contributed by atoms with Crippen LogP contribution in [-0.2, 0) is 4.79 Å². The summed E-state index contributed by atoms with van der Waals surface area (Å²) >= 11 is 5.90. The summed E-state index contributed by atoms with van der Waals surface area (Å²) in [6.45, 7) is 6.01. The molecule has 2 aromatic carbocycles. The van der Waals surface area contributed by atoms with Crippen LogP contribution in [0.4, 0.5) is 0 Å². The van der Waals surface area contributed by atoms with Crippen molar-refractivity contribution in [3.05, 3.63) is 58.1 Å². The van der Waals surface area contributed by atoms with Crippen LogP contribution in [0.25, 0.3) is 0 Å². The fourth-order valence-corrected chi connectivity index (χ4v) is 2.79. The summed E-state index contributed by atoms with van der Waals surface area (Å²) in [6.07, 6.45) is 0. The Hall–Kier alpha value is -2.73. The summed E-state index contributed by atoms with van der Waals surface area (Å²) in [5.41, 5.74) is 7.17. The third kappa shape index (κ3) is 5.62. The molecular weight excluding hydrogens is 368 g/mol. The van der Waals surface area contributed by atoms with Crippen LogP contribution in [0, 0.1) is 6.92 Å². The Kier molecular flexibility index (Phi) is 7.07. The van der Waals surface area contributed by atoms with Crippen molar-refractivity contribution in [3.8, 4) is 11.5 Å². The molecule has 0 radical (unpaired) electrons. The Morgan fingerprint density at radius 3 is 2.48 bits per heavy atom. The van der Waals surface area contributed by atoms with Gasteiger partial charge >= 0.3 is 0 Å². The lowest BCUT2D eigenvalue weighted by Crippen LogP contribution is -2.43. The second-order valence-electron chi connectivity index (χ2n) is 6.31. The number of carbonyl (C=O) groups excluding carboxylic acids is 2. The van der Waals surface area contributed by atoms with Gasteiger partial charge in [0.15, 0.2) is 6.61 Å². The fourth-order valence-electron chi connectivity index (χ4n) is 2.62. The molecule has 0 saturated heterocycles. The Labute approximate surface area is 163 Å². The molecule has 0 heterocycles. The third-order valence-electron chi connectivity index (χ3n) is 3.95. The van der Waals surface area contributed by atoms with Crippen molar-refractivity contribution < 1.29 is 19.1 Å². The minimum atomic E-state index is -0.542. The average molecular weight is 391 g/mol. The molecule has 2 rings (SSSR count). The first-order valence-electron chi connectivity index (χ1n) is 8.48. The van der Waals surface area contributed by atoms with Crippen molar-refractivity contribution in [1.29, 1.82) is 0 Å². The quantitative estimate of drug-likeness (QED) is 0.738. The van der Waals surface area contributed by atoms with E-state index >= 15 is 0 Å². The Morgan fingerprint density at radius 1 is 1.11 bits per heavy atom. The molecule has 144 valence electrons. The first kappa shape index (κ1) is 20.6. The van der Waals surface area contributed by atoms with Crippen molar-refractivity contribution in [2.45, 2.75) is 26.7 Å². The molecule has 0 aliphatic carbocycles. The number of hydrogen-bond donors (Lipinski definition) is 2. The van der Waals surface area contributed by atoms with Crippen LogP contribution in [-0.4, -0.2) is 25.5 Å². The predicted octanol–water partition coefficient (Wildman–Crippen LogP) is 3.62. The van der Waals surface area contributed by atoms with E-state index in [4.69, 9.17) is 21.1 Å². The third-order valence-corrected chi connectivity index (χ3v) is 4.19. The van der Waals surface area contributed by atoms with E-state index in [2.05, 4.69) is 24.7 Å². The molecule has 0 saturated carbocycles. The van der Waals surface area contributed by atoms with E-state index in [0.717, 1.165) is 5.56 Å². The Morgan fingerprint density at radius 2 is 1.85 bits per heavy atom. The van der Waals surface area contributed by atoms with Crippen molar-refractivity contribution in [2.75, 3.05) is 13.7 Å². The van der Waals surface area contributed by atoms with E-state index in [1.165, 1.54) is 18.7 Å². The normalized spacial score (nSPS) is 10.4. The molecule has 0 aromatic heterocycles. The lowest BCUT2D eigenvalue weighted by atomic mass is 9.98. The van der Waals surface area contributed by atoms with Gasteiger partial charge in [0.2, 0.25) is 0 Å². The van der Waals surface area contributed by atoms with E-state index in [1.54, 1.807) is 12.1 Å².